The van der Waals surface area contributed by atoms with Crippen molar-refractivity contribution < 1.29 is 4.39 Å². The van der Waals surface area contributed by atoms with Crippen LogP contribution in [-0.2, 0) is 0 Å². The highest BCUT2D eigenvalue weighted by Crippen LogP contribution is 2.33. The molecule has 4 rings (SSSR count). The van der Waals surface area contributed by atoms with E-state index in [1.54, 1.807) is 41.3 Å². The smallest absolute Gasteiger partial charge is 0.131 e. The van der Waals surface area contributed by atoms with E-state index in [0.29, 0.717) is 21.8 Å². The zero-order valence-electron chi connectivity index (χ0n) is 13.1. The predicted octanol–water partition coefficient (Wildman–Crippen LogP) is 5.39. The average Bonchev–Trinajstić information content (AvgIpc) is 3.08. The lowest BCUT2D eigenvalue weighted by Crippen LogP contribution is -1.94. The van der Waals surface area contributed by atoms with Crippen LogP contribution in [0.25, 0.3) is 28.1 Å². The molecule has 2 aromatic heterocycles. The highest BCUT2D eigenvalue weighted by Gasteiger charge is 2.16. The molecule has 0 radical (unpaired) electrons. The lowest BCUT2D eigenvalue weighted by molar-refractivity contribution is 0.631. The van der Waals surface area contributed by atoms with E-state index in [-0.39, 0.29) is 5.82 Å². The maximum absolute atomic E-state index is 14.4. The Morgan fingerprint density at radius 3 is 2.40 bits per heavy atom. The van der Waals surface area contributed by atoms with E-state index in [1.807, 2.05) is 36.5 Å². The molecule has 4 aromatic rings. The molecule has 0 amide bonds. The fraction of sp³-hybridized carbons (Fsp3) is 0. The van der Waals surface area contributed by atoms with E-state index >= 15 is 0 Å². The van der Waals surface area contributed by atoms with Crippen molar-refractivity contribution in [2.45, 2.75) is 0 Å². The van der Waals surface area contributed by atoms with E-state index in [9.17, 15) is 4.39 Å². The molecule has 3 nitrogen and oxygen atoms in total. The fourth-order valence-electron chi connectivity index (χ4n) is 2.69. The minimum absolute atomic E-state index is 0.289. The molecular weight excluding hydrogens is 337 g/mol. The molecule has 2 heterocycles. The molecule has 0 N–H and O–H groups in total. The van der Waals surface area contributed by atoms with Crippen LogP contribution in [0, 0.1) is 5.82 Å². The van der Waals surface area contributed by atoms with Crippen LogP contribution in [0.1, 0.15) is 0 Å². The van der Waals surface area contributed by atoms with E-state index in [0.717, 1.165) is 11.3 Å². The SMILES string of the molecule is Fc1ccccc1-c1cn(-c2ccc(Cl)cc2)nc1-c1cccnc1. The summed E-state index contributed by atoms with van der Waals surface area (Å²) in [5.74, 6) is -0.289. The number of rotatable bonds is 3. The molecule has 0 aliphatic heterocycles. The summed E-state index contributed by atoms with van der Waals surface area (Å²) in [6.07, 6.45) is 5.24. The van der Waals surface area contributed by atoms with Gasteiger partial charge in [-0.2, -0.15) is 5.10 Å². The van der Waals surface area contributed by atoms with E-state index < -0.39 is 0 Å². The first-order valence-corrected chi connectivity index (χ1v) is 8.11. The minimum Gasteiger partial charge on any atom is -0.264 e. The van der Waals surface area contributed by atoms with Gasteiger partial charge in [-0.05, 0) is 42.5 Å². The van der Waals surface area contributed by atoms with Gasteiger partial charge in [-0.15, -0.1) is 0 Å². The number of aromatic nitrogens is 3. The van der Waals surface area contributed by atoms with Gasteiger partial charge >= 0.3 is 0 Å². The van der Waals surface area contributed by atoms with Gasteiger partial charge in [0.05, 0.1) is 5.69 Å². The molecule has 0 aliphatic rings. The summed E-state index contributed by atoms with van der Waals surface area (Å²) in [4.78, 5) is 4.15. The molecule has 0 saturated heterocycles. The first-order valence-electron chi connectivity index (χ1n) is 7.73. The minimum atomic E-state index is -0.289. The second-order valence-electron chi connectivity index (χ2n) is 5.53. The van der Waals surface area contributed by atoms with Crippen LogP contribution < -0.4 is 0 Å². The Kier molecular flexibility index (Phi) is 4.04. The van der Waals surface area contributed by atoms with E-state index in [1.165, 1.54) is 6.07 Å². The molecule has 122 valence electrons. The monoisotopic (exact) mass is 349 g/mol. The maximum atomic E-state index is 14.4. The van der Waals surface area contributed by atoms with E-state index in [2.05, 4.69) is 10.1 Å². The van der Waals surface area contributed by atoms with Gasteiger partial charge in [0.1, 0.15) is 11.5 Å². The lowest BCUT2D eigenvalue weighted by atomic mass is 10.0. The first-order chi connectivity index (χ1) is 12.2. The van der Waals surface area contributed by atoms with Crippen LogP contribution in [0.4, 0.5) is 4.39 Å². The normalized spacial score (nSPS) is 10.8. The largest absolute Gasteiger partial charge is 0.264 e. The zero-order chi connectivity index (χ0) is 17.2. The second-order valence-corrected chi connectivity index (χ2v) is 5.97. The summed E-state index contributed by atoms with van der Waals surface area (Å²) < 4.78 is 16.1. The molecule has 0 fully saturated rings. The average molecular weight is 350 g/mol. The van der Waals surface area contributed by atoms with Gasteiger partial charge in [-0.25, -0.2) is 9.07 Å². The van der Waals surface area contributed by atoms with Gasteiger partial charge in [0, 0.05) is 40.3 Å². The molecule has 25 heavy (non-hydrogen) atoms. The number of hydrogen-bond acceptors (Lipinski definition) is 2. The number of halogens is 2. The summed E-state index contributed by atoms with van der Waals surface area (Å²) in [5, 5.41) is 5.32. The van der Waals surface area contributed by atoms with Crippen molar-refractivity contribution in [1.29, 1.82) is 0 Å². The summed E-state index contributed by atoms with van der Waals surface area (Å²) in [6, 6.07) is 17.8. The van der Waals surface area contributed by atoms with Gasteiger partial charge in [0.2, 0.25) is 0 Å². The molecule has 5 heteroatoms. The molecule has 0 bridgehead atoms. The van der Waals surface area contributed by atoms with Gasteiger partial charge in [0.15, 0.2) is 0 Å². The van der Waals surface area contributed by atoms with Crippen LogP contribution in [-0.4, -0.2) is 14.8 Å². The van der Waals surface area contributed by atoms with Crippen molar-refractivity contribution in [2.24, 2.45) is 0 Å². The van der Waals surface area contributed by atoms with Crippen molar-refractivity contribution in [3.05, 3.63) is 90.1 Å². The zero-order valence-corrected chi connectivity index (χ0v) is 13.9. The quantitative estimate of drug-likeness (QED) is 0.496. The Morgan fingerprint density at radius 1 is 0.880 bits per heavy atom. The number of hydrogen-bond donors (Lipinski definition) is 0. The van der Waals surface area contributed by atoms with Crippen LogP contribution in [0.2, 0.25) is 5.02 Å². The highest BCUT2D eigenvalue weighted by atomic mass is 35.5. The summed E-state index contributed by atoms with van der Waals surface area (Å²) in [6.45, 7) is 0. The predicted molar refractivity (Wildman–Crippen MR) is 97.2 cm³/mol. The summed E-state index contributed by atoms with van der Waals surface area (Å²) >= 11 is 5.96. The summed E-state index contributed by atoms with van der Waals surface area (Å²) in [5.41, 5.74) is 3.56. The standard InChI is InChI=1S/C20H13ClFN3/c21-15-7-9-16(10-8-15)25-13-18(17-5-1-2-6-19(17)22)20(24-25)14-4-3-11-23-12-14/h1-13H. The van der Waals surface area contributed by atoms with Crippen LogP contribution in [0.5, 0.6) is 0 Å². The third-order valence-electron chi connectivity index (χ3n) is 3.90. The number of pyridine rings is 1. The molecule has 0 aliphatic carbocycles. The van der Waals surface area contributed by atoms with Crippen molar-refractivity contribution in [1.82, 2.24) is 14.8 Å². The van der Waals surface area contributed by atoms with Gasteiger partial charge in [0.25, 0.3) is 0 Å². The Morgan fingerprint density at radius 2 is 1.68 bits per heavy atom. The number of benzene rings is 2. The third kappa shape index (κ3) is 3.04. The molecule has 0 atom stereocenters. The van der Waals surface area contributed by atoms with Gasteiger partial charge in [-0.3, -0.25) is 4.98 Å². The molecule has 0 saturated carbocycles. The van der Waals surface area contributed by atoms with Gasteiger partial charge in [-0.1, -0.05) is 29.8 Å². The molecular formula is C20H13ClFN3. The van der Waals surface area contributed by atoms with Crippen LogP contribution in [0.15, 0.2) is 79.3 Å². The van der Waals surface area contributed by atoms with Crippen molar-refractivity contribution >= 4 is 11.6 Å². The molecule has 0 unspecified atom stereocenters. The second kappa shape index (κ2) is 6.49. The third-order valence-corrected chi connectivity index (χ3v) is 4.16. The fourth-order valence-corrected chi connectivity index (χ4v) is 2.82. The lowest BCUT2D eigenvalue weighted by Gasteiger charge is -2.03. The number of nitrogens with zero attached hydrogens (tertiary/aromatic N) is 3. The molecule has 2 aromatic carbocycles. The summed E-state index contributed by atoms with van der Waals surface area (Å²) in [7, 11) is 0. The highest BCUT2D eigenvalue weighted by molar-refractivity contribution is 6.30. The Labute approximate surface area is 149 Å². The first kappa shape index (κ1) is 15.5. The van der Waals surface area contributed by atoms with Crippen LogP contribution >= 0.6 is 11.6 Å². The van der Waals surface area contributed by atoms with Crippen LogP contribution in [0.3, 0.4) is 0 Å². The van der Waals surface area contributed by atoms with Gasteiger partial charge < -0.3 is 0 Å². The Balaban J connectivity index is 1.92. The Bertz CT molecular complexity index is 1010. The van der Waals surface area contributed by atoms with Crippen molar-refractivity contribution in [3.63, 3.8) is 0 Å². The van der Waals surface area contributed by atoms with E-state index in [4.69, 9.17) is 11.6 Å². The van der Waals surface area contributed by atoms with Crippen molar-refractivity contribution in [2.75, 3.05) is 0 Å². The Hall–Kier alpha value is -2.98. The maximum Gasteiger partial charge on any atom is 0.131 e. The topological polar surface area (TPSA) is 30.7 Å². The van der Waals surface area contributed by atoms with Crippen molar-refractivity contribution in [3.8, 4) is 28.1 Å². The molecule has 0 spiro atoms.